The second kappa shape index (κ2) is 10.2. The van der Waals surface area contributed by atoms with Gasteiger partial charge in [-0.05, 0) is 49.1 Å². The fraction of sp³-hybridized carbons (Fsp3) is 0.286. The lowest BCUT2D eigenvalue weighted by atomic mass is 9.85. The maximum absolute atomic E-state index is 13.0. The van der Waals surface area contributed by atoms with Crippen molar-refractivity contribution in [2.75, 3.05) is 18.5 Å². The summed E-state index contributed by atoms with van der Waals surface area (Å²) in [5.41, 5.74) is 2.86. The molecular weight excluding hydrogens is 456 g/mol. The molecule has 36 heavy (non-hydrogen) atoms. The molecule has 2 aromatic carbocycles. The van der Waals surface area contributed by atoms with Gasteiger partial charge in [0.25, 0.3) is 5.91 Å². The van der Waals surface area contributed by atoms with E-state index in [4.69, 9.17) is 9.47 Å². The number of hydrogen-bond acceptors (Lipinski definition) is 6. The SMILES string of the molecule is CCOC(=O)c1cnn(-c2ccc3ccccc3n2)c1NC(=O)COc1ccc(C)cc1C(C)(C)C. The number of esters is 1. The van der Waals surface area contributed by atoms with E-state index < -0.39 is 11.9 Å². The van der Waals surface area contributed by atoms with Crippen molar-refractivity contribution >= 4 is 28.6 Å². The molecule has 0 atom stereocenters. The predicted molar refractivity (Wildman–Crippen MR) is 139 cm³/mol. The molecule has 0 aliphatic rings. The summed E-state index contributed by atoms with van der Waals surface area (Å²) < 4.78 is 12.5. The van der Waals surface area contributed by atoms with E-state index in [1.54, 1.807) is 13.0 Å². The third kappa shape index (κ3) is 5.38. The van der Waals surface area contributed by atoms with Crippen molar-refractivity contribution in [3.05, 3.63) is 77.5 Å². The smallest absolute Gasteiger partial charge is 0.343 e. The number of ether oxygens (including phenoxy) is 2. The van der Waals surface area contributed by atoms with Gasteiger partial charge in [-0.15, -0.1) is 0 Å². The topological polar surface area (TPSA) is 95.3 Å². The highest BCUT2D eigenvalue weighted by Crippen LogP contribution is 2.32. The van der Waals surface area contributed by atoms with Crippen molar-refractivity contribution in [1.82, 2.24) is 14.8 Å². The first-order valence-corrected chi connectivity index (χ1v) is 11.8. The highest BCUT2D eigenvalue weighted by atomic mass is 16.5. The fourth-order valence-electron chi connectivity index (χ4n) is 3.84. The molecule has 0 bridgehead atoms. The van der Waals surface area contributed by atoms with Crippen molar-refractivity contribution in [1.29, 1.82) is 0 Å². The number of nitrogens with one attached hydrogen (secondary N) is 1. The van der Waals surface area contributed by atoms with Crippen LogP contribution in [-0.4, -0.2) is 39.9 Å². The Hall–Kier alpha value is -4.20. The molecule has 0 saturated heterocycles. The molecule has 1 amide bonds. The normalized spacial score (nSPS) is 11.4. The molecule has 4 aromatic rings. The molecule has 8 heteroatoms. The van der Waals surface area contributed by atoms with Gasteiger partial charge in [-0.1, -0.05) is 56.7 Å². The zero-order valence-electron chi connectivity index (χ0n) is 21.2. The molecule has 0 radical (unpaired) electrons. The van der Waals surface area contributed by atoms with E-state index in [1.807, 2.05) is 49.4 Å². The molecule has 2 aromatic heterocycles. The Morgan fingerprint density at radius 2 is 1.83 bits per heavy atom. The van der Waals surface area contributed by atoms with Crippen molar-refractivity contribution in [3.63, 3.8) is 0 Å². The van der Waals surface area contributed by atoms with Gasteiger partial charge in [-0.3, -0.25) is 4.79 Å². The number of benzene rings is 2. The van der Waals surface area contributed by atoms with Crippen LogP contribution in [-0.2, 0) is 14.9 Å². The van der Waals surface area contributed by atoms with E-state index in [-0.39, 0.29) is 30.0 Å². The minimum Gasteiger partial charge on any atom is -0.483 e. The van der Waals surface area contributed by atoms with Crippen LogP contribution in [0.25, 0.3) is 16.7 Å². The Bertz CT molecular complexity index is 1420. The third-order valence-electron chi connectivity index (χ3n) is 5.62. The van der Waals surface area contributed by atoms with Crippen LogP contribution in [0.15, 0.2) is 60.8 Å². The first kappa shape index (κ1) is 24.9. The first-order valence-electron chi connectivity index (χ1n) is 11.8. The van der Waals surface area contributed by atoms with Gasteiger partial charge in [0.05, 0.1) is 18.3 Å². The molecule has 2 heterocycles. The Morgan fingerprint density at radius 3 is 2.58 bits per heavy atom. The van der Waals surface area contributed by atoms with E-state index in [1.165, 1.54) is 10.9 Å². The van der Waals surface area contributed by atoms with Gasteiger partial charge < -0.3 is 14.8 Å². The summed E-state index contributed by atoms with van der Waals surface area (Å²) in [5, 5.41) is 8.07. The van der Waals surface area contributed by atoms with Crippen molar-refractivity contribution in [2.24, 2.45) is 0 Å². The zero-order valence-corrected chi connectivity index (χ0v) is 21.2. The lowest BCUT2D eigenvalue weighted by molar-refractivity contribution is -0.118. The molecule has 8 nitrogen and oxygen atoms in total. The molecule has 0 fully saturated rings. The van der Waals surface area contributed by atoms with Gasteiger partial charge in [0.2, 0.25) is 0 Å². The quantitative estimate of drug-likeness (QED) is 0.360. The average Bonchev–Trinajstić information content (AvgIpc) is 3.26. The maximum atomic E-state index is 13.0. The van der Waals surface area contributed by atoms with Gasteiger partial charge in [0.1, 0.15) is 11.3 Å². The second-order valence-electron chi connectivity index (χ2n) is 9.49. The van der Waals surface area contributed by atoms with Crippen LogP contribution in [0.2, 0.25) is 0 Å². The Kier molecular flexibility index (Phi) is 7.05. The number of rotatable bonds is 7. The lowest BCUT2D eigenvalue weighted by Crippen LogP contribution is -2.24. The number of nitrogens with zero attached hydrogens (tertiary/aromatic N) is 3. The standard InChI is InChI=1S/C28H30N4O4/c1-6-35-27(34)20-16-29-32(24-14-12-19-9-7-8-10-22(19)30-24)26(20)31-25(33)17-36-23-13-11-18(2)15-21(23)28(3,4)5/h7-16H,6,17H2,1-5H3,(H,31,33). The summed E-state index contributed by atoms with van der Waals surface area (Å²) in [5.74, 6) is 0.232. The number of aryl methyl sites for hydroxylation is 1. The summed E-state index contributed by atoms with van der Waals surface area (Å²) in [7, 11) is 0. The van der Waals surface area contributed by atoms with E-state index in [9.17, 15) is 9.59 Å². The summed E-state index contributed by atoms with van der Waals surface area (Å²) in [4.78, 5) is 30.2. The van der Waals surface area contributed by atoms with E-state index in [0.717, 1.165) is 22.0 Å². The average molecular weight is 487 g/mol. The molecule has 1 N–H and O–H groups in total. The molecule has 0 aliphatic heterocycles. The molecular formula is C28H30N4O4. The number of amides is 1. The Balaban J connectivity index is 1.62. The van der Waals surface area contributed by atoms with Gasteiger partial charge in [-0.2, -0.15) is 9.78 Å². The number of aromatic nitrogens is 3. The summed E-state index contributed by atoms with van der Waals surface area (Å²) in [6.45, 7) is 9.96. The van der Waals surface area contributed by atoms with Gasteiger partial charge in [-0.25, -0.2) is 9.78 Å². The van der Waals surface area contributed by atoms with Gasteiger partial charge in [0.15, 0.2) is 18.2 Å². The number of carbonyl (C=O) groups excluding carboxylic acids is 2. The van der Waals surface area contributed by atoms with Crippen LogP contribution in [0.4, 0.5) is 5.82 Å². The number of hydrogen-bond donors (Lipinski definition) is 1. The minimum atomic E-state index is -0.589. The molecule has 0 aliphatic carbocycles. The molecule has 0 saturated carbocycles. The molecule has 0 spiro atoms. The van der Waals surface area contributed by atoms with E-state index in [0.29, 0.717) is 11.6 Å². The number of carbonyl (C=O) groups is 2. The van der Waals surface area contributed by atoms with Crippen LogP contribution < -0.4 is 10.1 Å². The number of fused-ring (bicyclic) bond motifs is 1. The van der Waals surface area contributed by atoms with Crippen LogP contribution in [0.3, 0.4) is 0 Å². The van der Waals surface area contributed by atoms with Gasteiger partial charge >= 0.3 is 5.97 Å². The van der Waals surface area contributed by atoms with Crippen molar-refractivity contribution in [3.8, 4) is 11.6 Å². The Morgan fingerprint density at radius 1 is 1.06 bits per heavy atom. The van der Waals surface area contributed by atoms with Crippen molar-refractivity contribution < 1.29 is 19.1 Å². The minimum absolute atomic E-state index is 0.130. The van der Waals surface area contributed by atoms with Crippen LogP contribution >= 0.6 is 0 Å². The van der Waals surface area contributed by atoms with Crippen LogP contribution in [0.1, 0.15) is 49.2 Å². The number of para-hydroxylation sites is 1. The summed E-state index contributed by atoms with van der Waals surface area (Å²) in [6.07, 6.45) is 1.36. The first-order chi connectivity index (χ1) is 17.2. The van der Waals surface area contributed by atoms with E-state index in [2.05, 4.69) is 42.2 Å². The van der Waals surface area contributed by atoms with Crippen LogP contribution in [0, 0.1) is 6.92 Å². The zero-order chi connectivity index (χ0) is 25.9. The lowest BCUT2D eigenvalue weighted by Gasteiger charge is -2.23. The summed E-state index contributed by atoms with van der Waals surface area (Å²) >= 11 is 0. The number of pyridine rings is 1. The summed E-state index contributed by atoms with van der Waals surface area (Å²) in [6, 6.07) is 17.2. The van der Waals surface area contributed by atoms with E-state index >= 15 is 0 Å². The molecule has 4 rings (SSSR count). The monoisotopic (exact) mass is 486 g/mol. The van der Waals surface area contributed by atoms with Crippen molar-refractivity contribution in [2.45, 2.75) is 40.0 Å². The third-order valence-corrected chi connectivity index (χ3v) is 5.62. The maximum Gasteiger partial charge on any atom is 0.343 e. The largest absolute Gasteiger partial charge is 0.483 e. The molecule has 186 valence electrons. The van der Waals surface area contributed by atoms with Crippen LogP contribution in [0.5, 0.6) is 5.75 Å². The Labute approximate surface area is 210 Å². The number of anilines is 1. The highest BCUT2D eigenvalue weighted by molar-refractivity contribution is 6.01. The highest BCUT2D eigenvalue weighted by Gasteiger charge is 2.23. The molecule has 0 unspecified atom stereocenters. The van der Waals surface area contributed by atoms with Gasteiger partial charge in [0, 0.05) is 5.39 Å². The fourth-order valence-corrected chi connectivity index (χ4v) is 3.84. The second-order valence-corrected chi connectivity index (χ2v) is 9.49. The predicted octanol–water partition coefficient (Wildman–Crippen LogP) is 5.22.